The summed E-state index contributed by atoms with van der Waals surface area (Å²) in [7, 11) is -3.94. The van der Waals surface area contributed by atoms with Crippen LogP contribution in [0.1, 0.15) is 32.3 Å². The average Bonchev–Trinajstić information content (AvgIpc) is 2.34. The molecular weight excluding hydrogens is 264 g/mol. The molecule has 5 heteroatoms. The third kappa shape index (κ3) is 5.61. The number of ether oxygens (including phenoxy) is 1. The Morgan fingerprint density at radius 2 is 1.79 bits per heavy atom. The van der Waals surface area contributed by atoms with Crippen molar-refractivity contribution < 1.29 is 17.7 Å². The van der Waals surface area contributed by atoms with Crippen molar-refractivity contribution in [1.82, 2.24) is 0 Å². The first-order chi connectivity index (χ1) is 8.80. The van der Waals surface area contributed by atoms with Gasteiger partial charge in [0.05, 0.1) is 11.9 Å². The minimum absolute atomic E-state index is 0.0865. The van der Waals surface area contributed by atoms with Gasteiger partial charge in [0.1, 0.15) is 5.75 Å². The molecule has 0 saturated heterocycles. The molecule has 0 fully saturated rings. The van der Waals surface area contributed by atoms with Gasteiger partial charge < -0.3 is 4.74 Å². The van der Waals surface area contributed by atoms with E-state index in [1.54, 1.807) is 0 Å². The second-order valence-electron chi connectivity index (χ2n) is 5.00. The van der Waals surface area contributed by atoms with Gasteiger partial charge in [-0.3, -0.25) is 4.55 Å². The van der Waals surface area contributed by atoms with Gasteiger partial charge in [0, 0.05) is 0 Å². The number of hydrogen-bond donors (Lipinski definition) is 1. The molecule has 0 bridgehead atoms. The van der Waals surface area contributed by atoms with E-state index in [1.165, 1.54) is 12.5 Å². The largest absolute Gasteiger partial charge is 0.494 e. The fourth-order valence-electron chi connectivity index (χ4n) is 1.76. The summed E-state index contributed by atoms with van der Waals surface area (Å²) in [5, 5.41) is -0.730. The molecule has 2 unspecified atom stereocenters. The molecular formula is C14H22O4S. The summed E-state index contributed by atoms with van der Waals surface area (Å²) in [6.45, 7) is 5.92. The summed E-state index contributed by atoms with van der Waals surface area (Å²) >= 11 is 0. The number of rotatable bonds is 7. The van der Waals surface area contributed by atoms with E-state index in [4.69, 9.17) is 9.29 Å². The maximum atomic E-state index is 11.0. The van der Waals surface area contributed by atoms with E-state index in [2.05, 4.69) is 0 Å². The lowest BCUT2D eigenvalue weighted by atomic mass is 10.0. The van der Waals surface area contributed by atoms with Crippen LogP contribution in [0.4, 0.5) is 0 Å². The van der Waals surface area contributed by atoms with Gasteiger partial charge >= 0.3 is 0 Å². The Kier molecular flexibility index (Phi) is 5.82. The molecule has 1 aromatic carbocycles. The quantitative estimate of drug-likeness (QED) is 0.618. The summed E-state index contributed by atoms with van der Waals surface area (Å²) in [6, 6.07) is 7.80. The Morgan fingerprint density at radius 3 is 2.32 bits per heavy atom. The molecule has 1 aromatic rings. The summed E-state index contributed by atoms with van der Waals surface area (Å²) in [5.74, 6) is 0.734. The predicted molar refractivity (Wildman–Crippen MR) is 76.1 cm³/mol. The average molecular weight is 286 g/mol. The van der Waals surface area contributed by atoms with Crippen LogP contribution in [0.15, 0.2) is 24.3 Å². The fraction of sp³-hybridized carbons (Fsp3) is 0.571. The molecule has 4 nitrogen and oxygen atoms in total. The highest BCUT2D eigenvalue weighted by Gasteiger charge is 2.23. The lowest BCUT2D eigenvalue weighted by Crippen LogP contribution is -2.24. The van der Waals surface area contributed by atoms with Crippen LogP contribution in [-0.4, -0.2) is 24.8 Å². The minimum Gasteiger partial charge on any atom is -0.494 e. The van der Waals surface area contributed by atoms with Crippen LogP contribution in [0.3, 0.4) is 0 Å². The zero-order valence-corrected chi connectivity index (χ0v) is 12.5. The van der Waals surface area contributed by atoms with E-state index in [0.29, 0.717) is 13.0 Å². The normalized spacial score (nSPS) is 14.9. The molecule has 0 aliphatic carbocycles. The van der Waals surface area contributed by atoms with Crippen molar-refractivity contribution in [3.8, 4) is 5.75 Å². The van der Waals surface area contributed by atoms with Gasteiger partial charge in [0.15, 0.2) is 0 Å². The van der Waals surface area contributed by atoms with E-state index < -0.39 is 15.4 Å². The van der Waals surface area contributed by atoms with E-state index in [-0.39, 0.29) is 5.92 Å². The zero-order valence-electron chi connectivity index (χ0n) is 11.7. The summed E-state index contributed by atoms with van der Waals surface area (Å²) < 4.78 is 36.5. The van der Waals surface area contributed by atoms with E-state index in [0.717, 1.165) is 12.2 Å². The van der Waals surface area contributed by atoms with Crippen LogP contribution in [0.25, 0.3) is 0 Å². The Hall–Kier alpha value is -1.07. The number of benzene rings is 1. The van der Waals surface area contributed by atoms with Crippen LogP contribution in [0.2, 0.25) is 0 Å². The van der Waals surface area contributed by atoms with Gasteiger partial charge in [0.2, 0.25) is 0 Å². The molecule has 0 aromatic heterocycles. The fourth-order valence-corrected chi connectivity index (χ4v) is 2.48. The minimum atomic E-state index is -3.94. The molecule has 1 rings (SSSR count). The van der Waals surface area contributed by atoms with Crippen molar-refractivity contribution in [2.24, 2.45) is 5.92 Å². The molecule has 0 aliphatic heterocycles. The monoisotopic (exact) mass is 286 g/mol. The lowest BCUT2D eigenvalue weighted by molar-refractivity contribution is 0.292. The predicted octanol–water partition coefficient (Wildman–Crippen LogP) is 3.07. The molecule has 108 valence electrons. The third-order valence-electron chi connectivity index (χ3n) is 3.36. The standard InChI is InChI=1S/C14H22O4S/c1-11-6-8-14(9-7-11)18-10-4-5-12(2)13(3)19(15,16)17/h6-9,12-13H,4-5,10H2,1-3H3,(H,15,16,17). The highest BCUT2D eigenvalue weighted by molar-refractivity contribution is 7.86. The van der Waals surface area contributed by atoms with Gasteiger partial charge in [-0.2, -0.15) is 8.42 Å². The molecule has 0 radical (unpaired) electrons. The Balaban J connectivity index is 2.29. The van der Waals surface area contributed by atoms with Gasteiger partial charge in [-0.05, 0) is 44.7 Å². The second-order valence-corrected chi connectivity index (χ2v) is 6.77. The lowest BCUT2D eigenvalue weighted by Gasteiger charge is -2.17. The molecule has 0 amide bonds. The smallest absolute Gasteiger partial charge is 0.267 e. The van der Waals surface area contributed by atoms with Crippen molar-refractivity contribution in [2.45, 2.75) is 38.9 Å². The Bertz CT molecular complexity index is 479. The molecule has 0 saturated carbocycles. The molecule has 0 spiro atoms. The molecule has 2 atom stereocenters. The summed E-state index contributed by atoms with van der Waals surface area (Å²) in [5.41, 5.74) is 1.18. The van der Waals surface area contributed by atoms with Gasteiger partial charge in [0.25, 0.3) is 10.1 Å². The first-order valence-electron chi connectivity index (χ1n) is 6.46. The van der Waals surface area contributed by atoms with Gasteiger partial charge in [-0.1, -0.05) is 24.6 Å². The first kappa shape index (κ1) is 16.0. The maximum Gasteiger partial charge on any atom is 0.267 e. The van der Waals surface area contributed by atoms with E-state index >= 15 is 0 Å². The molecule has 19 heavy (non-hydrogen) atoms. The first-order valence-corrected chi connectivity index (χ1v) is 7.97. The van der Waals surface area contributed by atoms with Crippen molar-refractivity contribution in [1.29, 1.82) is 0 Å². The number of hydrogen-bond acceptors (Lipinski definition) is 3. The van der Waals surface area contributed by atoms with Crippen molar-refractivity contribution in [3.63, 3.8) is 0 Å². The Morgan fingerprint density at radius 1 is 1.21 bits per heavy atom. The van der Waals surface area contributed by atoms with Gasteiger partial charge in [-0.15, -0.1) is 0 Å². The van der Waals surface area contributed by atoms with Crippen LogP contribution in [-0.2, 0) is 10.1 Å². The highest BCUT2D eigenvalue weighted by atomic mass is 32.2. The molecule has 0 aliphatic rings. The van der Waals surface area contributed by atoms with Crippen LogP contribution < -0.4 is 4.74 Å². The van der Waals surface area contributed by atoms with Gasteiger partial charge in [-0.25, -0.2) is 0 Å². The third-order valence-corrected chi connectivity index (χ3v) is 4.77. The summed E-state index contributed by atoms with van der Waals surface area (Å²) in [4.78, 5) is 0. The summed E-state index contributed by atoms with van der Waals surface area (Å²) in [6.07, 6.45) is 1.46. The Labute approximate surface area is 115 Å². The SMILES string of the molecule is Cc1ccc(OCCCC(C)C(C)S(=O)(=O)O)cc1. The van der Waals surface area contributed by atoms with Crippen LogP contribution in [0.5, 0.6) is 5.75 Å². The molecule has 0 heterocycles. The van der Waals surface area contributed by atoms with Crippen LogP contribution in [0, 0.1) is 12.8 Å². The second kappa shape index (κ2) is 6.91. The van der Waals surface area contributed by atoms with Crippen molar-refractivity contribution in [3.05, 3.63) is 29.8 Å². The highest BCUT2D eigenvalue weighted by Crippen LogP contribution is 2.17. The number of aryl methyl sites for hydroxylation is 1. The van der Waals surface area contributed by atoms with Crippen LogP contribution >= 0.6 is 0 Å². The maximum absolute atomic E-state index is 11.0. The van der Waals surface area contributed by atoms with Crippen molar-refractivity contribution >= 4 is 10.1 Å². The van der Waals surface area contributed by atoms with E-state index in [1.807, 2.05) is 38.1 Å². The van der Waals surface area contributed by atoms with E-state index in [9.17, 15) is 8.42 Å². The van der Waals surface area contributed by atoms with Crippen molar-refractivity contribution in [2.75, 3.05) is 6.61 Å². The molecule has 1 N–H and O–H groups in total. The topological polar surface area (TPSA) is 63.6 Å². The zero-order chi connectivity index (χ0) is 14.5.